The van der Waals surface area contributed by atoms with E-state index in [-0.39, 0.29) is 11.7 Å². The van der Waals surface area contributed by atoms with Gasteiger partial charge in [0.1, 0.15) is 11.6 Å². The molecule has 0 saturated heterocycles. The Labute approximate surface area is 180 Å². The van der Waals surface area contributed by atoms with Crippen LogP contribution in [0.15, 0.2) is 73.1 Å². The smallest absolute Gasteiger partial charge is 0.258 e. The topological polar surface area (TPSA) is 57.3 Å². The summed E-state index contributed by atoms with van der Waals surface area (Å²) in [6, 6.07) is 15.3. The number of likely N-dealkylation sites (N-methyl/N-ethyl adjacent to an activating group) is 1. The number of pyridine rings is 1. The highest BCUT2D eigenvalue weighted by molar-refractivity contribution is 6.27. The number of aromatic nitrogens is 1. The molecule has 0 radical (unpaired) electrons. The summed E-state index contributed by atoms with van der Waals surface area (Å²) >= 11 is 0. The summed E-state index contributed by atoms with van der Waals surface area (Å²) in [5.41, 5.74) is 2.84. The molecule has 158 valence electrons. The van der Waals surface area contributed by atoms with E-state index in [1.54, 1.807) is 43.7 Å². The third kappa shape index (κ3) is 4.62. The van der Waals surface area contributed by atoms with Crippen molar-refractivity contribution < 1.29 is 15.0 Å². The Morgan fingerprint density at radius 2 is 1.61 bits per heavy atom. The molecule has 0 fully saturated rings. The lowest BCUT2D eigenvalue weighted by Gasteiger charge is -2.37. The van der Waals surface area contributed by atoms with Crippen molar-refractivity contribution >= 4 is 17.2 Å². The maximum Gasteiger partial charge on any atom is 0.258 e. The minimum Gasteiger partial charge on any atom is -0.352 e. The van der Waals surface area contributed by atoms with Crippen molar-refractivity contribution in [3.8, 4) is 0 Å². The predicted molar refractivity (Wildman–Crippen MR) is 115 cm³/mol. The van der Waals surface area contributed by atoms with Gasteiger partial charge in [-0.2, -0.15) is 0 Å². The summed E-state index contributed by atoms with van der Waals surface area (Å²) in [6.45, 7) is 0.471. The second-order valence-corrected chi connectivity index (χ2v) is 7.22. The number of carbonyl (C=O) groups is 1. The molecule has 1 aliphatic rings. The van der Waals surface area contributed by atoms with Gasteiger partial charge in [0.25, 0.3) is 5.91 Å². The van der Waals surface area contributed by atoms with Gasteiger partial charge >= 0.3 is 0 Å². The molecule has 0 bridgehead atoms. The van der Waals surface area contributed by atoms with E-state index in [2.05, 4.69) is 10.3 Å². The first-order chi connectivity index (χ1) is 15.5. The predicted octanol–water partition coefficient (Wildman–Crippen LogP) is 3.41. The Balaban J connectivity index is 1.66. The minimum absolute atomic E-state index is 0.286. The molecule has 1 unspecified atom stereocenters. The van der Waals surface area contributed by atoms with Gasteiger partial charge in [-0.05, 0) is 53.9 Å². The van der Waals surface area contributed by atoms with Crippen LogP contribution >= 0.6 is 0 Å². The van der Waals surface area contributed by atoms with Crippen LogP contribution in [0.3, 0.4) is 0 Å². The van der Waals surface area contributed by atoms with Gasteiger partial charge in [0.05, 0.1) is 11.3 Å². The summed E-state index contributed by atoms with van der Waals surface area (Å²) in [6.07, 6.45) is 3.07. The number of nitrogens with zero attached hydrogens (tertiary/aromatic N) is 2. The molecule has 0 saturated carbocycles. The molecule has 4 rings (SSSR count). The summed E-state index contributed by atoms with van der Waals surface area (Å²) in [5.74, 6) is -0.984. The monoisotopic (exact) mass is 422 g/mol. The number of benzene rings is 2. The lowest BCUT2D eigenvalue weighted by molar-refractivity contribution is -0.127. The number of nitrogens with one attached hydrogen (secondary N) is 2. The fourth-order valence-electron chi connectivity index (χ4n) is 3.45. The molecule has 5 nitrogen and oxygen atoms in total. The van der Waals surface area contributed by atoms with Gasteiger partial charge in [-0.15, -0.1) is 0 Å². The first kappa shape index (κ1) is 19.4. The van der Waals surface area contributed by atoms with Crippen LogP contribution in [0.2, 0.25) is 1.41 Å². The molecule has 2 aromatic carbocycles. The van der Waals surface area contributed by atoms with Crippen LogP contribution in [0.5, 0.6) is 0 Å². The highest BCUT2D eigenvalue weighted by Crippen LogP contribution is 2.30. The number of hydrogen-bond donors (Lipinski definition) is 2. The lowest BCUT2D eigenvalue weighted by Crippen LogP contribution is -2.58. The van der Waals surface area contributed by atoms with E-state index >= 15 is 0 Å². The highest BCUT2D eigenvalue weighted by atomic mass is 19.1. The number of amides is 1. The van der Waals surface area contributed by atoms with E-state index in [1.807, 2.05) is 0 Å². The Bertz CT molecular complexity index is 1120. The molecule has 1 aliphatic heterocycles. The van der Waals surface area contributed by atoms with Gasteiger partial charge in [0.15, 0.2) is 7.70 Å². The number of rotatable bonds is 6. The molecule has 1 aromatic heterocycles. The van der Waals surface area contributed by atoms with Gasteiger partial charge < -0.3 is 10.2 Å². The first-order valence-electron chi connectivity index (χ1n) is 10.3. The van der Waals surface area contributed by atoms with Gasteiger partial charge in [-0.1, -0.05) is 24.3 Å². The van der Waals surface area contributed by atoms with Crippen LogP contribution in [0.25, 0.3) is 11.3 Å². The average molecular weight is 422 g/mol. The van der Waals surface area contributed by atoms with Gasteiger partial charge in [-0.25, -0.2) is 8.78 Å². The SMILES string of the molecule is [3H]N1C(c2ccncc2)=C(c2ccc(F)cc2)C(=O)N(C)C1NCCc1ccc(F)cc1. The molecule has 31 heavy (non-hydrogen) atoms. The van der Waals surface area contributed by atoms with Crippen LogP contribution < -0.4 is 10.6 Å². The molecule has 7 heteroatoms. The highest BCUT2D eigenvalue weighted by Gasteiger charge is 2.32. The standard InChI is InChI=1S/C24H22F2N4O/c1-30-23(31)21(17-4-8-20(26)9-5-17)22(18-11-13-27-14-12-18)29-24(30)28-15-10-16-2-6-19(25)7-3-16/h2-9,11-14,24,28-29H,10,15H2,1H3/i/hT. The van der Waals surface area contributed by atoms with Crippen molar-refractivity contribution in [3.05, 3.63) is 101 Å². The fourth-order valence-corrected chi connectivity index (χ4v) is 3.45. The van der Waals surface area contributed by atoms with Gasteiger partial charge in [0, 0.05) is 31.5 Å². The minimum atomic E-state index is -0.727. The number of hydrogen-bond acceptors (Lipinski definition) is 4. The lowest BCUT2D eigenvalue weighted by atomic mass is 9.97. The van der Waals surface area contributed by atoms with E-state index in [1.165, 1.54) is 46.6 Å². The molecule has 2 heterocycles. The van der Waals surface area contributed by atoms with Crippen molar-refractivity contribution in [2.45, 2.75) is 12.7 Å². The van der Waals surface area contributed by atoms with E-state index in [4.69, 9.17) is 1.41 Å². The summed E-state index contributed by atoms with van der Waals surface area (Å²) in [5, 5.41) is 4.49. The fraction of sp³-hybridized carbons (Fsp3) is 0.167. The van der Waals surface area contributed by atoms with E-state index < -0.39 is 12.1 Å². The molecule has 2 N–H and O–H groups in total. The van der Waals surface area contributed by atoms with Crippen LogP contribution in [0.4, 0.5) is 8.78 Å². The number of carbonyl (C=O) groups excluding carboxylic acids is 1. The van der Waals surface area contributed by atoms with Crippen LogP contribution in [-0.2, 0) is 11.2 Å². The van der Waals surface area contributed by atoms with Crippen molar-refractivity contribution in [3.63, 3.8) is 0 Å². The maximum absolute atomic E-state index is 13.5. The zero-order valence-electron chi connectivity index (χ0n) is 17.9. The quantitative estimate of drug-likeness (QED) is 0.639. The molecule has 0 aliphatic carbocycles. The molecular formula is C24H22F2N4O. The first-order valence-corrected chi connectivity index (χ1v) is 9.89. The molecule has 1 amide bonds. The van der Waals surface area contributed by atoms with E-state index in [9.17, 15) is 13.6 Å². The molecule has 3 aromatic rings. The summed E-state index contributed by atoms with van der Waals surface area (Å²) in [7, 11) is 1.62. The second kappa shape index (κ2) is 9.06. The Morgan fingerprint density at radius 1 is 1.00 bits per heavy atom. The van der Waals surface area contributed by atoms with E-state index in [0.29, 0.717) is 35.4 Å². The molecule has 1 atom stereocenters. The van der Waals surface area contributed by atoms with Crippen LogP contribution in [0, 0.1) is 11.6 Å². The van der Waals surface area contributed by atoms with Crippen LogP contribution in [-0.4, -0.2) is 35.7 Å². The summed E-state index contributed by atoms with van der Waals surface area (Å²) < 4.78 is 35.5. The van der Waals surface area contributed by atoms with E-state index in [0.717, 1.165) is 5.56 Å². The molecule has 0 spiro atoms. The van der Waals surface area contributed by atoms with Crippen molar-refractivity contribution in [2.75, 3.05) is 13.6 Å². The second-order valence-electron chi connectivity index (χ2n) is 7.22. The Kier molecular flexibility index (Phi) is 5.66. The summed E-state index contributed by atoms with van der Waals surface area (Å²) in [4.78, 5) is 18.9. The Morgan fingerprint density at radius 3 is 2.26 bits per heavy atom. The maximum atomic E-state index is 13.5. The Hall–Kier alpha value is -3.58. The zero-order valence-corrected chi connectivity index (χ0v) is 16.9. The average Bonchev–Trinajstić information content (AvgIpc) is 2.81. The largest absolute Gasteiger partial charge is 0.352 e. The normalized spacial score (nSPS) is 17.2. The van der Waals surface area contributed by atoms with Gasteiger partial charge in [-0.3, -0.25) is 15.1 Å². The number of halogens is 2. The third-order valence-corrected chi connectivity index (χ3v) is 5.13. The van der Waals surface area contributed by atoms with Crippen molar-refractivity contribution in [1.82, 2.24) is 20.5 Å². The zero-order chi connectivity index (χ0) is 22.7. The van der Waals surface area contributed by atoms with Gasteiger partial charge in [0.2, 0.25) is 0 Å². The van der Waals surface area contributed by atoms with Crippen molar-refractivity contribution in [1.29, 1.82) is 0 Å². The molecular weight excluding hydrogens is 398 g/mol. The third-order valence-electron chi connectivity index (χ3n) is 5.13. The van der Waals surface area contributed by atoms with Crippen LogP contribution in [0.1, 0.15) is 16.7 Å². The van der Waals surface area contributed by atoms with Crippen molar-refractivity contribution in [2.24, 2.45) is 0 Å².